The van der Waals surface area contributed by atoms with Crippen molar-refractivity contribution in [1.82, 2.24) is 0 Å². The molecule has 0 amide bonds. The standard InChI is InChI=1S/C15H28O/c1-11(2)8-9-15(4,5)13-7-6-12(3)10-14(13)16/h12-14,16H,1,6-10H2,2-5H3. The lowest BCUT2D eigenvalue weighted by atomic mass is 9.65. The quantitative estimate of drug-likeness (QED) is 0.711. The lowest BCUT2D eigenvalue weighted by Gasteiger charge is -2.42. The van der Waals surface area contributed by atoms with Crippen LogP contribution in [-0.2, 0) is 0 Å². The van der Waals surface area contributed by atoms with Crippen molar-refractivity contribution < 1.29 is 5.11 Å². The number of rotatable bonds is 4. The predicted molar refractivity (Wildman–Crippen MR) is 70.3 cm³/mol. The van der Waals surface area contributed by atoms with Crippen LogP contribution in [0.1, 0.15) is 59.8 Å². The molecule has 0 spiro atoms. The molecule has 0 aromatic carbocycles. The molecule has 0 bridgehead atoms. The molecular formula is C15H28O. The zero-order valence-corrected chi connectivity index (χ0v) is 11.4. The minimum absolute atomic E-state index is 0.0936. The van der Waals surface area contributed by atoms with Gasteiger partial charge in [-0.2, -0.15) is 0 Å². The van der Waals surface area contributed by atoms with Gasteiger partial charge in [0.2, 0.25) is 0 Å². The predicted octanol–water partition coefficient (Wildman–Crippen LogP) is 4.17. The summed E-state index contributed by atoms with van der Waals surface area (Å²) in [4.78, 5) is 0. The molecule has 1 nitrogen and oxygen atoms in total. The number of aliphatic hydroxyl groups excluding tert-OH is 1. The summed E-state index contributed by atoms with van der Waals surface area (Å²) in [5, 5.41) is 10.2. The van der Waals surface area contributed by atoms with E-state index in [1.807, 2.05) is 0 Å². The van der Waals surface area contributed by atoms with E-state index in [2.05, 4.69) is 34.3 Å². The van der Waals surface area contributed by atoms with E-state index in [1.165, 1.54) is 18.4 Å². The van der Waals surface area contributed by atoms with Crippen molar-refractivity contribution >= 4 is 0 Å². The third kappa shape index (κ3) is 3.62. The van der Waals surface area contributed by atoms with Crippen molar-refractivity contribution in [3.8, 4) is 0 Å². The van der Waals surface area contributed by atoms with Gasteiger partial charge >= 0.3 is 0 Å². The van der Waals surface area contributed by atoms with E-state index in [-0.39, 0.29) is 11.5 Å². The number of hydrogen-bond donors (Lipinski definition) is 1. The molecule has 0 heterocycles. The van der Waals surface area contributed by atoms with Gasteiger partial charge in [0.15, 0.2) is 0 Å². The van der Waals surface area contributed by atoms with Gasteiger partial charge in [-0.05, 0) is 49.9 Å². The number of hydrogen-bond acceptors (Lipinski definition) is 1. The maximum atomic E-state index is 10.2. The Morgan fingerprint density at radius 3 is 2.50 bits per heavy atom. The summed E-state index contributed by atoms with van der Waals surface area (Å²) in [6.07, 6.45) is 5.60. The fourth-order valence-corrected chi connectivity index (χ4v) is 2.98. The molecule has 1 aliphatic rings. The zero-order chi connectivity index (χ0) is 12.3. The first-order chi connectivity index (χ1) is 7.33. The topological polar surface area (TPSA) is 20.2 Å². The molecule has 1 aliphatic carbocycles. The van der Waals surface area contributed by atoms with Crippen molar-refractivity contribution in [1.29, 1.82) is 0 Å². The van der Waals surface area contributed by atoms with Crippen LogP contribution in [0.25, 0.3) is 0 Å². The highest BCUT2D eigenvalue weighted by molar-refractivity contribution is 4.93. The molecule has 1 rings (SSSR count). The Kier molecular flexibility index (Phi) is 4.61. The molecule has 0 aromatic rings. The number of allylic oxidation sites excluding steroid dienone is 1. The molecule has 94 valence electrons. The van der Waals surface area contributed by atoms with E-state index in [0.29, 0.717) is 11.8 Å². The largest absolute Gasteiger partial charge is 0.393 e. The molecule has 3 atom stereocenters. The summed E-state index contributed by atoms with van der Waals surface area (Å²) in [5.74, 6) is 1.17. The minimum atomic E-state index is -0.0936. The first kappa shape index (κ1) is 13.8. The van der Waals surface area contributed by atoms with Crippen LogP contribution in [0.3, 0.4) is 0 Å². The van der Waals surface area contributed by atoms with Crippen LogP contribution in [0.5, 0.6) is 0 Å². The van der Waals surface area contributed by atoms with Gasteiger partial charge in [-0.25, -0.2) is 0 Å². The molecule has 1 N–H and O–H groups in total. The Labute approximate surface area is 101 Å². The van der Waals surface area contributed by atoms with E-state index in [1.54, 1.807) is 0 Å². The maximum Gasteiger partial charge on any atom is 0.0576 e. The molecule has 3 unspecified atom stereocenters. The van der Waals surface area contributed by atoms with Gasteiger partial charge in [0.1, 0.15) is 0 Å². The van der Waals surface area contributed by atoms with Gasteiger partial charge in [-0.3, -0.25) is 0 Å². The Morgan fingerprint density at radius 2 is 2.00 bits per heavy atom. The van der Waals surface area contributed by atoms with Crippen LogP contribution < -0.4 is 0 Å². The van der Waals surface area contributed by atoms with Crippen molar-refractivity contribution in [2.75, 3.05) is 0 Å². The second kappa shape index (κ2) is 5.35. The Bertz CT molecular complexity index is 242. The third-order valence-corrected chi connectivity index (χ3v) is 4.28. The van der Waals surface area contributed by atoms with Gasteiger partial charge in [-0.15, -0.1) is 6.58 Å². The summed E-state index contributed by atoms with van der Waals surface area (Å²) in [6.45, 7) is 12.9. The Balaban J connectivity index is 2.56. The summed E-state index contributed by atoms with van der Waals surface area (Å²) in [5.41, 5.74) is 1.50. The first-order valence-corrected chi connectivity index (χ1v) is 6.65. The van der Waals surface area contributed by atoms with Crippen LogP contribution in [0.15, 0.2) is 12.2 Å². The SMILES string of the molecule is C=C(C)CCC(C)(C)C1CCC(C)CC1O. The highest BCUT2D eigenvalue weighted by Crippen LogP contribution is 2.43. The maximum absolute atomic E-state index is 10.2. The molecule has 0 aromatic heterocycles. The van der Waals surface area contributed by atoms with E-state index in [0.717, 1.165) is 19.3 Å². The fraction of sp³-hybridized carbons (Fsp3) is 0.867. The second-order valence-electron chi connectivity index (χ2n) is 6.54. The Morgan fingerprint density at radius 1 is 1.38 bits per heavy atom. The van der Waals surface area contributed by atoms with Crippen LogP contribution in [0.2, 0.25) is 0 Å². The van der Waals surface area contributed by atoms with Gasteiger partial charge in [-0.1, -0.05) is 32.8 Å². The molecule has 1 saturated carbocycles. The number of aliphatic hydroxyl groups is 1. The molecule has 16 heavy (non-hydrogen) atoms. The summed E-state index contributed by atoms with van der Waals surface area (Å²) in [6, 6.07) is 0. The molecule has 0 saturated heterocycles. The van der Waals surface area contributed by atoms with Crippen LogP contribution in [-0.4, -0.2) is 11.2 Å². The smallest absolute Gasteiger partial charge is 0.0576 e. The highest BCUT2D eigenvalue weighted by Gasteiger charge is 2.37. The molecule has 0 aliphatic heterocycles. The van der Waals surface area contributed by atoms with Gasteiger partial charge in [0.25, 0.3) is 0 Å². The second-order valence-corrected chi connectivity index (χ2v) is 6.54. The first-order valence-electron chi connectivity index (χ1n) is 6.65. The lowest BCUT2D eigenvalue weighted by molar-refractivity contribution is -0.0158. The average Bonchev–Trinajstić information content (AvgIpc) is 2.14. The normalized spacial score (nSPS) is 31.4. The van der Waals surface area contributed by atoms with Gasteiger partial charge in [0, 0.05) is 0 Å². The van der Waals surface area contributed by atoms with E-state index in [9.17, 15) is 5.11 Å². The zero-order valence-electron chi connectivity index (χ0n) is 11.4. The summed E-state index contributed by atoms with van der Waals surface area (Å²) in [7, 11) is 0. The average molecular weight is 224 g/mol. The third-order valence-electron chi connectivity index (χ3n) is 4.28. The summed E-state index contributed by atoms with van der Waals surface area (Å²) >= 11 is 0. The van der Waals surface area contributed by atoms with Crippen molar-refractivity contribution in [3.63, 3.8) is 0 Å². The van der Waals surface area contributed by atoms with E-state index < -0.39 is 0 Å². The van der Waals surface area contributed by atoms with Crippen molar-refractivity contribution in [2.45, 2.75) is 65.9 Å². The molecule has 1 fully saturated rings. The highest BCUT2D eigenvalue weighted by atomic mass is 16.3. The van der Waals surface area contributed by atoms with Crippen LogP contribution in [0, 0.1) is 17.3 Å². The van der Waals surface area contributed by atoms with Crippen molar-refractivity contribution in [2.24, 2.45) is 17.3 Å². The molecular weight excluding hydrogens is 196 g/mol. The monoisotopic (exact) mass is 224 g/mol. The molecule has 0 radical (unpaired) electrons. The van der Waals surface area contributed by atoms with Crippen LogP contribution in [0.4, 0.5) is 0 Å². The Hall–Kier alpha value is -0.300. The minimum Gasteiger partial charge on any atom is -0.393 e. The lowest BCUT2D eigenvalue weighted by Crippen LogP contribution is -2.38. The van der Waals surface area contributed by atoms with Crippen molar-refractivity contribution in [3.05, 3.63) is 12.2 Å². The van der Waals surface area contributed by atoms with Gasteiger partial charge < -0.3 is 5.11 Å². The van der Waals surface area contributed by atoms with Crippen LogP contribution >= 0.6 is 0 Å². The van der Waals surface area contributed by atoms with E-state index >= 15 is 0 Å². The molecule has 1 heteroatoms. The van der Waals surface area contributed by atoms with E-state index in [4.69, 9.17) is 0 Å². The summed E-state index contributed by atoms with van der Waals surface area (Å²) < 4.78 is 0. The van der Waals surface area contributed by atoms with Gasteiger partial charge in [0.05, 0.1) is 6.10 Å². The fourth-order valence-electron chi connectivity index (χ4n) is 2.98.